The van der Waals surface area contributed by atoms with E-state index in [0.29, 0.717) is 5.25 Å². The first-order valence-electron chi connectivity index (χ1n) is 6.02. The van der Waals surface area contributed by atoms with Crippen molar-refractivity contribution in [2.45, 2.75) is 32.9 Å². The van der Waals surface area contributed by atoms with E-state index < -0.39 is 0 Å². The van der Waals surface area contributed by atoms with Crippen molar-refractivity contribution in [3.8, 4) is 0 Å². The molecule has 0 radical (unpaired) electrons. The van der Waals surface area contributed by atoms with Gasteiger partial charge in [-0.1, -0.05) is 0 Å². The summed E-state index contributed by atoms with van der Waals surface area (Å²) < 4.78 is 0. The van der Waals surface area contributed by atoms with E-state index in [1.54, 1.807) is 9.80 Å². The van der Waals surface area contributed by atoms with Crippen LogP contribution >= 0.6 is 12.6 Å². The second-order valence-electron chi connectivity index (χ2n) is 3.98. The van der Waals surface area contributed by atoms with E-state index in [-0.39, 0.29) is 0 Å². The molecule has 2 N–H and O–H groups in total. The lowest BCUT2D eigenvalue weighted by Crippen LogP contribution is -3.16. The van der Waals surface area contributed by atoms with Gasteiger partial charge in [0, 0.05) is 0 Å². The van der Waals surface area contributed by atoms with Crippen LogP contribution in [0.4, 0.5) is 0 Å². The van der Waals surface area contributed by atoms with Gasteiger partial charge < -0.3 is 9.80 Å². The molecule has 0 aromatic heterocycles. The number of hydrogen-bond acceptors (Lipinski definition) is 1. The van der Waals surface area contributed by atoms with Gasteiger partial charge in [0.05, 0.1) is 44.5 Å². The molecule has 0 aliphatic carbocycles. The summed E-state index contributed by atoms with van der Waals surface area (Å²) in [4.78, 5) is 3.33. The van der Waals surface area contributed by atoms with E-state index in [0.717, 1.165) is 0 Å². The van der Waals surface area contributed by atoms with Crippen molar-refractivity contribution in [1.82, 2.24) is 0 Å². The first-order chi connectivity index (χ1) is 6.67. The monoisotopic (exact) mass is 220 g/mol. The summed E-state index contributed by atoms with van der Waals surface area (Å²) in [7, 11) is 0. The van der Waals surface area contributed by atoms with E-state index in [2.05, 4.69) is 40.3 Å². The van der Waals surface area contributed by atoms with Gasteiger partial charge in [-0.05, 0) is 27.7 Å². The number of quaternary nitrogens is 2. The molecule has 0 amide bonds. The minimum absolute atomic E-state index is 0.555. The normalized spacial score (nSPS) is 12.0. The van der Waals surface area contributed by atoms with Crippen molar-refractivity contribution < 1.29 is 9.80 Å². The summed E-state index contributed by atoms with van der Waals surface area (Å²) in [5.74, 6) is 0. The standard InChI is InChI=1S/C11H26N2S/c1-5-12(6-2)9-11(14)10-13(7-3)8-4/h11,14H,5-10H2,1-4H3/p+2. The average molecular weight is 220 g/mol. The van der Waals surface area contributed by atoms with Crippen LogP contribution in [0.5, 0.6) is 0 Å². The van der Waals surface area contributed by atoms with Gasteiger partial charge in [0.15, 0.2) is 0 Å². The van der Waals surface area contributed by atoms with Crippen LogP contribution in [0.1, 0.15) is 27.7 Å². The topological polar surface area (TPSA) is 8.88 Å². The zero-order valence-corrected chi connectivity index (χ0v) is 11.2. The first-order valence-corrected chi connectivity index (χ1v) is 6.54. The first kappa shape index (κ1) is 14.3. The van der Waals surface area contributed by atoms with Gasteiger partial charge in [-0.2, -0.15) is 12.6 Å². The molecule has 0 saturated heterocycles. The Kier molecular flexibility index (Phi) is 8.73. The number of hydrogen-bond donors (Lipinski definition) is 3. The molecule has 0 spiro atoms. The molecule has 0 saturated carbocycles. The fraction of sp³-hybridized carbons (Fsp3) is 1.00. The minimum atomic E-state index is 0.555. The Morgan fingerprint density at radius 2 is 1.07 bits per heavy atom. The third-order valence-corrected chi connectivity index (χ3v) is 3.41. The van der Waals surface area contributed by atoms with Crippen molar-refractivity contribution in [3.05, 3.63) is 0 Å². The highest BCUT2D eigenvalue weighted by Gasteiger charge is 2.15. The van der Waals surface area contributed by atoms with E-state index in [1.165, 1.54) is 39.3 Å². The van der Waals surface area contributed by atoms with Crippen molar-refractivity contribution in [2.75, 3.05) is 39.3 Å². The molecule has 0 bridgehead atoms. The van der Waals surface area contributed by atoms with Crippen LogP contribution in [-0.2, 0) is 0 Å². The SMILES string of the molecule is CC[NH+](CC)CC(S)C[NH+](CC)CC. The Morgan fingerprint density at radius 3 is 1.29 bits per heavy atom. The molecule has 2 nitrogen and oxygen atoms in total. The van der Waals surface area contributed by atoms with Crippen LogP contribution in [-0.4, -0.2) is 44.5 Å². The summed E-state index contributed by atoms with van der Waals surface area (Å²) in [5, 5.41) is 0.555. The zero-order chi connectivity index (χ0) is 11.0. The Hall–Kier alpha value is 0.270. The van der Waals surface area contributed by atoms with Crippen LogP contribution in [0.25, 0.3) is 0 Å². The predicted octanol–water partition coefficient (Wildman–Crippen LogP) is -0.866. The Balaban J connectivity index is 3.77. The molecule has 0 fully saturated rings. The molecule has 0 heterocycles. The van der Waals surface area contributed by atoms with Crippen molar-refractivity contribution in [3.63, 3.8) is 0 Å². The molecule has 0 atom stereocenters. The third kappa shape index (κ3) is 5.89. The van der Waals surface area contributed by atoms with Gasteiger partial charge in [0.25, 0.3) is 0 Å². The largest absolute Gasteiger partial charge is 0.334 e. The molecule has 14 heavy (non-hydrogen) atoms. The van der Waals surface area contributed by atoms with Gasteiger partial charge in [-0.3, -0.25) is 0 Å². The number of rotatable bonds is 8. The maximum atomic E-state index is 4.68. The smallest absolute Gasteiger partial charge is 0.0999 e. The maximum absolute atomic E-state index is 4.68. The Labute approximate surface area is 95.1 Å². The molecular formula is C11H28N2S+2. The fourth-order valence-corrected chi connectivity index (χ4v) is 2.33. The number of thiol groups is 1. The quantitative estimate of drug-likeness (QED) is 0.439. The van der Waals surface area contributed by atoms with Crippen molar-refractivity contribution in [1.29, 1.82) is 0 Å². The molecule has 0 aromatic carbocycles. The molecular weight excluding hydrogens is 192 g/mol. The molecule has 0 unspecified atom stereocenters. The highest BCUT2D eigenvalue weighted by Crippen LogP contribution is 1.85. The zero-order valence-electron chi connectivity index (χ0n) is 10.3. The van der Waals surface area contributed by atoms with E-state index in [1.807, 2.05) is 0 Å². The second-order valence-corrected chi connectivity index (χ2v) is 4.71. The molecule has 0 aliphatic heterocycles. The van der Waals surface area contributed by atoms with Gasteiger partial charge in [-0.15, -0.1) is 0 Å². The Bertz CT molecular complexity index is 108. The lowest BCUT2D eigenvalue weighted by molar-refractivity contribution is -0.914. The highest BCUT2D eigenvalue weighted by molar-refractivity contribution is 7.81. The van der Waals surface area contributed by atoms with Crippen molar-refractivity contribution >= 4 is 12.6 Å². The van der Waals surface area contributed by atoms with Crippen LogP contribution in [0.2, 0.25) is 0 Å². The van der Waals surface area contributed by atoms with Gasteiger partial charge >= 0.3 is 0 Å². The third-order valence-electron chi connectivity index (χ3n) is 3.05. The molecule has 3 heteroatoms. The fourth-order valence-electron chi connectivity index (χ4n) is 1.82. The van der Waals surface area contributed by atoms with Crippen LogP contribution in [0.15, 0.2) is 0 Å². The molecule has 0 rings (SSSR count). The summed E-state index contributed by atoms with van der Waals surface area (Å²) in [5.41, 5.74) is 0. The van der Waals surface area contributed by atoms with E-state index >= 15 is 0 Å². The molecule has 86 valence electrons. The molecule has 0 aliphatic rings. The van der Waals surface area contributed by atoms with Crippen LogP contribution in [0, 0.1) is 0 Å². The summed E-state index contributed by atoms with van der Waals surface area (Å²) in [6, 6.07) is 0. The lowest BCUT2D eigenvalue weighted by atomic mass is 10.3. The second kappa shape index (κ2) is 8.57. The van der Waals surface area contributed by atoms with Crippen LogP contribution in [0.3, 0.4) is 0 Å². The van der Waals surface area contributed by atoms with Crippen molar-refractivity contribution in [2.24, 2.45) is 0 Å². The van der Waals surface area contributed by atoms with Gasteiger partial charge in [0.1, 0.15) is 0 Å². The highest BCUT2D eigenvalue weighted by atomic mass is 32.1. The van der Waals surface area contributed by atoms with Gasteiger partial charge in [-0.25, -0.2) is 0 Å². The lowest BCUT2D eigenvalue weighted by Gasteiger charge is -2.23. The minimum Gasteiger partial charge on any atom is -0.334 e. The van der Waals surface area contributed by atoms with E-state index in [9.17, 15) is 0 Å². The Morgan fingerprint density at radius 1 is 0.786 bits per heavy atom. The average Bonchev–Trinajstić information content (AvgIpc) is 2.22. The van der Waals surface area contributed by atoms with Gasteiger partial charge in [0.2, 0.25) is 0 Å². The van der Waals surface area contributed by atoms with E-state index in [4.69, 9.17) is 0 Å². The summed E-state index contributed by atoms with van der Waals surface area (Å²) in [6.07, 6.45) is 0. The number of nitrogens with one attached hydrogen (secondary N) is 2. The van der Waals surface area contributed by atoms with Crippen LogP contribution < -0.4 is 9.80 Å². The predicted molar refractivity (Wildman–Crippen MR) is 66.6 cm³/mol. The summed E-state index contributed by atoms with van der Waals surface area (Å²) in [6.45, 7) is 16.3. The summed E-state index contributed by atoms with van der Waals surface area (Å²) >= 11 is 4.68. The molecule has 0 aromatic rings. The maximum Gasteiger partial charge on any atom is 0.0999 e.